The standard InChI is InChI=1S/C15H28O3/c1-13(2,17)10-6-5-8-14(3)11(16)7-9-15(4,18)12(10)14/h10-12,16-18H,5-9H2,1-4H3/t10-,11-,12-,14+,15+/m1/s1. The molecule has 0 saturated heterocycles. The summed E-state index contributed by atoms with van der Waals surface area (Å²) in [7, 11) is 0. The van der Waals surface area contributed by atoms with Gasteiger partial charge in [0.1, 0.15) is 0 Å². The van der Waals surface area contributed by atoms with Crippen LogP contribution in [0.3, 0.4) is 0 Å². The van der Waals surface area contributed by atoms with Crippen molar-refractivity contribution in [1.82, 2.24) is 0 Å². The number of fused-ring (bicyclic) bond motifs is 1. The molecule has 0 amide bonds. The van der Waals surface area contributed by atoms with Gasteiger partial charge in [-0.1, -0.05) is 13.3 Å². The Morgan fingerprint density at radius 3 is 2.28 bits per heavy atom. The molecule has 106 valence electrons. The molecular weight excluding hydrogens is 228 g/mol. The van der Waals surface area contributed by atoms with Crippen LogP contribution in [0.5, 0.6) is 0 Å². The maximum atomic E-state index is 10.8. The maximum Gasteiger partial charge on any atom is 0.0658 e. The Hall–Kier alpha value is -0.120. The maximum absolute atomic E-state index is 10.8. The monoisotopic (exact) mass is 256 g/mol. The van der Waals surface area contributed by atoms with E-state index >= 15 is 0 Å². The van der Waals surface area contributed by atoms with Crippen LogP contribution in [0.4, 0.5) is 0 Å². The van der Waals surface area contributed by atoms with Crippen LogP contribution in [0.15, 0.2) is 0 Å². The first-order valence-electron chi connectivity index (χ1n) is 7.22. The summed E-state index contributed by atoms with van der Waals surface area (Å²) in [6, 6.07) is 0. The molecule has 2 aliphatic rings. The Kier molecular flexibility index (Phi) is 3.33. The minimum atomic E-state index is -0.798. The van der Waals surface area contributed by atoms with E-state index in [1.54, 1.807) is 0 Å². The van der Waals surface area contributed by atoms with Gasteiger partial charge in [0.2, 0.25) is 0 Å². The molecule has 0 aromatic rings. The van der Waals surface area contributed by atoms with Crippen molar-refractivity contribution in [3.05, 3.63) is 0 Å². The number of hydrogen-bond donors (Lipinski definition) is 3. The van der Waals surface area contributed by atoms with Gasteiger partial charge in [-0.25, -0.2) is 0 Å². The van der Waals surface area contributed by atoms with Crippen molar-refractivity contribution in [2.24, 2.45) is 17.3 Å². The Labute approximate surface area is 110 Å². The number of aliphatic hydroxyl groups excluding tert-OH is 1. The fourth-order valence-corrected chi connectivity index (χ4v) is 4.68. The molecule has 0 aromatic heterocycles. The molecule has 2 saturated carbocycles. The van der Waals surface area contributed by atoms with Crippen molar-refractivity contribution < 1.29 is 15.3 Å². The summed E-state index contributed by atoms with van der Waals surface area (Å²) in [4.78, 5) is 0. The molecule has 3 N–H and O–H groups in total. The molecule has 5 atom stereocenters. The van der Waals surface area contributed by atoms with Gasteiger partial charge in [-0.2, -0.15) is 0 Å². The van der Waals surface area contributed by atoms with Crippen LogP contribution in [-0.2, 0) is 0 Å². The second-order valence-corrected chi connectivity index (χ2v) is 7.55. The molecule has 18 heavy (non-hydrogen) atoms. The van der Waals surface area contributed by atoms with E-state index in [1.165, 1.54) is 0 Å². The lowest BCUT2D eigenvalue weighted by atomic mass is 9.48. The van der Waals surface area contributed by atoms with Crippen molar-refractivity contribution >= 4 is 0 Å². The molecule has 0 spiro atoms. The van der Waals surface area contributed by atoms with E-state index in [0.717, 1.165) is 19.3 Å². The average Bonchev–Trinajstić information content (AvgIpc) is 2.22. The van der Waals surface area contributed by atoms with Crippen LogP contribution < -0.4 is 0 Å². The average molecular weight is 256 g/mol. The van der Waals surface area contributed by atoms with Crippen LogP contribution in [0.1, 0.15) is 59.8 Å². The van der Waals surface area contributed by atoms with Gasteiger partial charge in [0, 0.05) is 5.92 Å². The van der Waals surface area contributed by atoms with Crippen molar-refractivity contribution in [2.75, 3.05) is 0 Å². The first kappa shape index (κ1) is 14.3. The fourth-order valence-electron chi connectivity index (χ4n) is 4.68. The zero-order chi connectivity index (χ0) is 13.8. The number of aliphatic hydroxyl groups is 3. The molecule has 2 aliphatic carbocycles. The van der Waals surface area contributed by atoms with Gasteiger partial charge < -0.3 is 15.3 Å². The van der Waals surface area contributed by atoms with Crippen LogP contribution >= 0.6 is 0 Å². The molecular formula is C15H28O3. The van der Waals surface area contributed by atoms with Gasteiger partial charge in [-0.3, -0.25) is 0 Å². The SMILES string of the molecule is CC(C)(O)[C@@H]1CCC[C@@]2(C)[C@H](O)CC[C@](C)(O)[C@H]12. The third-order valence-electron chi connectivity index (χ3n) is 5.61. The third kappa shape index (κ3) is 2.10. The highest BCUT2D eigenvalue weighted by Gasteiger charge is 2.59. The molecule has 3 heteroatoms. The Balaban J connectivity index is 2.42. The van der Waals surface area contributed by atoms with E-state index < -0.39 is 11.2 Å². The highest BCUT2D eigenvalue weighted by Crippen LogP contribution is 2.58. The number of rotatable bonds is 1. The first-order chi connectivity index (χ1) is 8.09. The first-order valence-corrected chi connectivity index (χ1v) is 7.22. The lowest BCUT2D eigenvalue weighted by molar-refractivity contribution is -0.213. The summed E-state index contributed by atoms with van der Waals surface area (Å²) in [6.45, 7) is 7.64. The summed E-state index contributed by atoms with van der Waals surface area (Å²) in [5.41, 5.74) is -1.84. The number of hydrogen-bond acceptors (Lipinski definition) is 3. The largest absolute Gasteiger partial charge is 0.393 e. The smallest absolute Gasteiger partial charge is 0.0658 e. The molecule has 0 aliphatic heterocycles. The molecule has 0 unspecified atom stereocenters. The second kappa shape index (κ2) is 4.19. The molecule has 2 fully saturated rings. The summed E-state index contributed by atoms with van der Waals surface area (Å²) in [5.74, 6) is 0.0312. The second-order valence-electron chi connectivity index (χ2n) is 7.55. The van der Waals surface area contributed by atoms with E-state index in [9.17, 15) is 15.3 Å². The molecule has 3 nitrogen and oxygen atoms in total. The predicted octanol–water partition coefficient (Wildman–Crippen LogP) is 2.09. The van der Waals surface area contributed by atoms with E-state index in [-0.39, 0.29) is 23.4 Å². The lowest BCUT2D eigenvalue weighted by Crippen LogP contribution is -2.62. The van der Waals surface area contributed by atoms with Gasteiger partial charge in [0.25, 0.3) is 0 Å². The Bertz CT molecular complexity index is 318. The molecule has 0 bridgehead atoms. The molecule has 0 aromatic carbocycles. The van der Waals surface area contributed by atoms with Crippen LogP contribution in [0.2, 0.25) is 0 Å². The zero-order valence-corrected chi connectivity index (χ0v) is 12.1. The van der Waals surface area contributed by atoms with E-state index in [0.29, 0.717) is 12.8 Å². The topological polar surface area (TPSA) is 60.7 Å². The highest BCUT2D eigenvalue weighted by atomic mass is 16.3. The predicted molar refractivity (Wildman–Crippen MR) is 71.1 cm³/mol. The van der Waals surface area contributed by atoms with Crippen molar-refractivity contribution in [1.29, 1.82) is 0 Å². The third-order valence-corrected chi connectivity index (χ3v) is 5.61. The van der Waals surface area contributed by atoms with Gasteiger partial charge in [-0.05, 0) is 57.8 Å². The summed E-state index contributed by atoms with van der Waals surface area (Å²) in [5, 5.41) is 31.6. The molecule has 2 rings (SSSR count). The Morgan fingerprint density at radius 1 is 1.11 bits per heavy atom. The van der Waals surface area contributed by atoms with E-state index in [2.05, 4.69) is 6.92 Å². The highest BCUT2D eigenvalue weighted by molar-refractivity contribution is 5.09. The van der Waals surface area contributed by atoms with Crippen molar-refractivity contribution in [3.63, 3.8) is 0 Å². The molecule has 0 heterocycles. The van der Waals surface area contributed by atoms with Gasteiger partial charge >= 0.3 is 0 Å². The van der Waals surface area contributed by atoms with Gasteiger partial charge in [-0.15, -0.1) is 0 Å². The zero-order valence-electron chi connectivity index (χ0n) is 12.1. The minimum Gasteiger partial charge on any atom is -0.393 e. The fraction of sp³-hybridized carbons (Fsp3) is 1.00. The normalized spacial score (nSPS) is 49.8. The van der Waals surface area contributed by atoms with Crippen LogP contribution in [0.25, 0.3) is 0 Å². The van der Waals surface area contributed by atoms with Crippen LogP contribution in [0, 0.1) is 17.3 Å². The summed E-state index contributed by atoms with van der Waals surface area (Å²) < 4.78 is 0. The Morgan fingerprint density at radius 2 is 1.72 bits per heavy atom. The quantitative estimate of drug-likeness (QED) is 0.673. The van der Waals surface area contributed by atoms with E-state index in [1.807, 2.05) is 20.8 Å². The molecule has 0 radical (unpaired) electrons. The minimum absolute atomic E-state index is 0.0255. The van der Waals surface area contributed by atoms with Gasteiger partial charge in [0.15, 0.2) is 0 Å². The summed E-state index contributed by atoms with van der Waals surface area (Å²) in [6.07, 6.45) is 3.84. The van der Waals surface area contributed by atoms with Crippen molar-refractivity contribution in [3.8, 4) is 0 Å². The van der Waals surface area contributed by atoms with Gasteiger partial charge in [0.05, 0.1) is 17.3 Å². The lowest BCUT2D eigenvalue weighted by Gasteiger charge is -2.59. The summed E-state index contributed by atoms with van der Waals surface area (Å²) >= 11 is 0. The van der Waals surface area contributed by atoms with Crippen molar-refractivity contribution in [2.45, 2.75) is 77.1 Å². The van der Waals surface area contributed by atoms with E-state index in [4.69, 9.17) is 0 Å². The van der Waals surface area contributed by atoms with Crippen LogP contribution in [-0.4, -0.2) is 32.6 Å².